The summed E-state index contributed by atoms with van der Waals surface area (Å²) in [7, 11) is -3.15. The number of carbonyl (C=O) groups excluding carboxylic acids is 1. The molecular weight excluding hydrogens is 202 g/mol. The fourth-order valence-corrected chi connectivity index (χ4v) is 2.28. The number of halogens is 1. The molecule has 6 heteroatoms. The molecule has 0 saturated carbocycles. The minimum atomic E-state index is -3.15. The van der Waals surface area contributed by atoms with Crippen LogP contribution in [0.25, 0.3) is 0 Å². The number of nitrogens with zero attached hydrogens (tertiary/aromatic N) is 1. The maximum atomic E-state index is 11.0. The minimum Gasteiger partial charge on any atom is -0.281 e. The highest BCUT2D eigenvalue weighted by Gasteiger charge is 2.31. The Morgan fingerprint density at radius 2 is 2.17 bits per heavy atom. The first kappa shape index (κ1) is 9.95. The van der Waals surface area contributed by atoms with E-state index in [0.717, 1.165) is 6.26 Å². The molecule has 0 aromatic carbocycles. The molecule has 0 radical (unpaired) electrons. The number of sulfonamides is 1. The lowest BCUT2D eigenvalue weighted by molar-refractivity contribution is -0.114. The summed E-state index contributed by atoms with van der Waals surface area (Å²) < 4.78 is 23.2. The average molecular weight is 212 g/mol. The molecule has 4 nitrogen and oxygen atoms in total. The van der Waals surface area contributed by atoms with Gasteiger partial charge < -0.3 is 0 Å². The second-order valence-electron chi connectivity index (χ2n) is 2.91. The second-order valence-corrected chi connectivity index (χ2v) is 5.27. The molecule has 1 rings (SSSR count). The van der Waals surface area contributed by atoms with Gasteiger partial charge in [0.05, 0.1) is 6.26 Å². The smallest absolute Gasteiger partial charge is 0.226 e. The van der Waals surface area contributed by atoms with Crippen LogP contribution in [0.5, 0.6) is 0 Å². The standard InChI is InChI=1S/C6H10ClNO3S/c1-12(10,11)8-3-2-5(4-8)6(7)9/h5H,2-4H2,1H3/t5-/m1/s1. The molecule has 0 aromatic rings. The zero-order valence-corrected chi connectivity index (χ0v) is 8.23. The summed E-state index contributed by atoms with van der Waals surface area (Å²) in [5, 5.41) is -0.443. The van der Waals surface area contributed by atoms with Gasteiger partial charge in [0.25, 0.3) is 0 Å². The van der Waals surface area contributed by atoms with Gasteiger partial charge in [-0.15, -0.1) is 0 Å². The maximum Gasteiger partial charge on any atom is 0.226 e. The van der Waals surface area contributed by atoms with Crippen LogP contribution in [0.2, 0.25) is 0 Å². The summed E-state index contributed by atoms with van der Waals surface area (Å²) in [4.78, 5) is 10.7. The van der Waals surface area contributed by atoms with Crippen molar-refractivity contribution in [3.8, 4) is 0 Å². The van der Waals surface area contributed by atoms with E-state index in [1.165, 1.54) is 4.31 Å². The molecule has 1 saturated heterocycles. The molecule has 1 aliphatic rings. The van der Waals surface area contributed by atoms with Gasteiger partial charge in [0.1, 0.15) is 0 Å². The van der Waals surface area contributed by atoms with Crippen molar-refractivity contribution in [3.05, 3.63) is 0 Å². The lowest BCUT2D eigenvalue weighted by Gasteiger charge is -2.11. The van der Waals surface area contributed by atoms with Crippen LogP contribution in [0.4, 0.5) is 0 Å². The summed E-state index contributed by atoms with van der Waals surface area (Å²) in [6.07, 6.45) is 1.67. The van der Waals surface area contributed by atoms with E-state index in [4.69, 9.17) is 11.6 Å². The lowest BCUT2D eigenvalue weighted by Crippen LogP contribution is -2.28. The van der Waals surface area contributed by atoms with E-state index >= 15 is 0 Å². The molecule has 0 aromatic heterocycles. The lowest BCUT2D eigenvalue weighted by atomic mass is 10.1. The predicted molar refractivity (Wildman–Crippen MR) is 45.4 cm³/mol. The second kappa shape index (κ2) is 3.32. The molecule has 0 N–H and O–H groups in total. The Kier molecular flexibility index (Phi) is 2.75. The Bertz CT molecular complexity index is 287. The van der Waals surface area contributed by atoms with Crippen molar-refractivity contribution in [1.29, 1.82) is 0 Å². The van der Waals surface area contributed by atoms with Crippen LogP contribution in [-0.2, 0) is 14.8 Å². The molecule has 0 amide bonds. The van der Waals surface area contributed by atoms with Gasteiger partial charge in [0, 0.05) is 19.0 Å². The van der Waals surface area contributed by atoms with Gasteiger partial charge in [-0.25, -0.2) is 12.7 Å². The van der Waals surface area contributed by atoms with Crippen molar-refractivity contribution in [2.45, 2.75) is 6.42 Å². The molecule has 1 heterocycles. The van der Waals surface area contributed by atoms with Gasteiger partial charge >= 0.3 is 0 Å². The zero-order valence-electron chi connectivity index (χ0n) is 6.66. The van der Waals surface area contributed by atoms with Crippen molar-refractivity contribution in [3.63, 3.8) is 0 Å². The summed E-state index contributed by atoms with van der Waals surface area (Å²) in [5.41, 5.74) is 0. The van der Waals surface area contributed by atoms with Gasteiger partial charge in [0.2, 0.25) is 15.3 Å². The van der Waals surface area contributed by atoms with Crippen LogP contribution in [0, 0.1) is 5.92 Å². The molecule has 12 heavy (non-hydrogen) atoms. The van der Waals surface area contributed by atoms with E-state index < -0.39 is 15.3 Å². The summed E-state index contributed by atoms with van der Waals surface area (Å²) in [5.74, 6) is -0.318. The largest absolute Gasteiger partial charge is 0.281 e. The maximum absolute atomic E-state index is 11.0. The minimum absolute atomic E-state index is 0.237. The van der Waals surface area contributed by atoms with Crippen molar-refractivity contribution in [1.82, 2.24) is 4.31 Å². The molecular formula is C6H10ClNO3S. The Labute approximate surface area is 76.5 Å². The molecule has 0 spiro atoms. The van der Waals surface area contributed by atoms with E-state index in [0.29, 0.717) is 13.0 Å². The fourth-order valence-electron chi connectivity index (χ4n) is 1.21. The topological polar surface area (TPSA) is 54.5 Å². The monoisotopic (exact) mass is 211 g/mol. The summed E-state index contributed by atoms with van der Waals surface area (Å²) in [6.45, 7) is 0.642. The SMILES string of the molecule is CS(=O)(=O)N1CC[C@@H](C(=O)Cl)C1. The van der Waals surface area contributed by atoms with Crippen LogP contribution < -0.4 is 0 Å². The summed E-state index contributed by atoms with van der Waals surface area (Å²) >= 11 is 5.24. The normalized spacial score (nSPS) is 26.0. The van der Waals surface area contributed by atoms with E-state index in [9.17, 15) is 13.2 Å². The quantitative estimate of drug-likeness (QED) is 0.606. The molecule has 70 valence electrons. The van der Waals surface area contributed by atoms with Gasteiger partial charge in [-0.1, -0.05) is 0 Å². The highest BCUT2D eigenvalue weighted by Crippen LogP contribution is 2.20. The van der Waals surface area contributed by atoms with Crippen LogP contribution in [0.3, 0.4) is 0 Å². The Morgan fingerprint density at radius 3 is 2.42 bits per heavy atom. The third kappa shape index (κ3) is 2.18. The summed E-state index contributed by atoms with van der Waals surface area (Å²) in [6, 6.07) is 0. The highest BCUT2D eigenvalue weighted by atomic mass is 35.5. The van der Waals surface area contributed by atoms with Crippen molar-refractivity contribution < 1.29 is 13.2 Å². The zero-order chi connectivity index (χ0) is 9.35. The first-order valence-corrected chi connectivity index (χ1v) is 5.78. The first-order chi connectivity index (χ1) is 5.41. The van der Waals surface area contributed by atoms with Gasteiger partial charge in [-0.3, -0.25) is 4.79 Å². The van der Waals surface area contributed by atoms with E-state index in [1.54, 1.807) is 0 Å². The molecule has 0 aliphatic carbocycles. The van der Waals surface area contributed by atoms with Crippen LogP contribution in [0.1, 0.15) is 6.42 Å². The molecule has 1 aliphatic heterocycles. The van der Waals surface area contributed by atoms with Crippen molar-refractivity contribution >= 4 is 26.9 Å². The molecule has 1 atom stereocenters. The van der Waals surface area contributed by atoms with E-state index in [-0.39, 0.29) is 12.5 Å². The van der Waals surface area contributed by atoms with Crippen LogP contribution >= 0.6 is 11.6 Å². The van der Waals surface area contributed by atoms with Gasteiger partial charge in [-0.2, -0.15) is 0 Å². The van der Waals surface area contributed by atoms with Crippen molar-refractivity contribution in [2.24, 2.45) is 5.92 Å². The third-order valence-corrected chi connectivity index (χ3v) is 3.52. The van der Waals surface area contributed by atoms with Crippen LogP contribution in [-0.4, -0.2) is 37.3 Å². The predicted octanol–water partition coefficient (Wildman–Crippen LogP) is 0.0333. The Balaban J connectivity index is 2.64. The van der Waals surface area contributed by atoms with E-state index in [1.807, 2.05) is 0 Å². The van der Waals surface area contributed by atoms with Gasteiger partial charge in [0.15, 0.2) is 0 Å². The molecule has 0 unspecified atom stereocenters. The number of hydrogen-bond donors (Lipinski definition) is 0. The van der Waals surface area contributed by atoms with E-state index in [2.05, 4.69) is 0 Å². The number of rotatable bonds is 2. The Morgan fingerprint density at radius 1 is 1.58 bits per heavy atom. The number of hydrogen-bond acceptors (Lipinski definition) is 3. The van der Waals surface area contributed by atoms with Crippen LogP contribution in [0.15, 0.2) is 0 Å². The highest BCUT2D eigenvalue weighted by molar-refractivity contribution is 7.88. The number of carbonyl (C=O) groups is 1. The average Bonchev–Trinajstić information content (AvgIpc) is 2.30. The Hall–Kier alpha value is -0.130. The fraction of sp³-hybridized carbons (Fsp3) is 0.833. The molecule has 1 fully saturated rings. The first-order valence-electron chi connectivity index (χ1n) is 3.55. The third-order valence-electron chi connectivity index (χ3n) is 1.94. The van der Waals surface area contributed by atoms with Crippen molar-refractivity contribution in [2.75, 3.05) is 19.3 Å². The molecule has 0 bridgehead atoms. The van der Waals surface area contributed by atoms with Gasteiger partial charge in [-0.05, 0) is 18.0 Å².